The van der Waals surface area contributed by atoms with Gasteiger partial charge in [-0.15, -0.1) is 6.58 Å². The lowest BCUT2D eigenvalue weighted by molar-refractivity contribution is -0.149. The third-order valence-corrected chi connectivity index (χ3v) is 7.82. The normalized spacial score (nSPS) is 22.7. The van der Waals surface area contributed by atoms with Crippen molar-refractivity contribution in [2.75, 3.05) is 20.3 Å². The quantitative estimate of drug-likeness (QED) is 0.260. The molecule has 1 aromatic heterocycles. The van der Waals surface area contributed by atoms with Crippen LogP contribution in [0, 0.1) is 5.92 Å². The highest BCUT2D eigenvalue weighted by atomic mass is 16.6. The fraction of sp³-hybridized carbons (Fsp3) is 0.412. The lowest BCUT2D eigenvalue weighted by atomic mass is 10.1. The molecule has 10 heteroatoms. The molecule has 0 spiro atoms. The number of benzene rings is 2. The first-order valence-corrected chi connectivity index (χ1v) is 14.8. The molecule has 0 bridgehead atoms. The van der Waals surface area contributed by atoms with Gasteiger partial charge in [-0.3, -0.25) is 9.69 Å². The predicted molar refractivity (Wildman–Crippen MR) is 165 cm³/mol. The second-order valence-corrected chi connectivity index (χ2v) is 12.1. The number of ether oxygens (including phenoxy) is 4. The van der Waals surface area contributed by atoms with Crippen LogP contribution in [0.25, 0.3) is 22.2 Å². The third-order valence-electron chi connectivity index (χ3n) is 7.82. The Labute approximate surface area is 257 Å². The summed E-state index contributed by atoms with van der Waals surface area (Å²) in [5, 5.41) is 3.65. The second kappa shape index (κ2) is 12.2. The van der Waals surface area contributed by atoms with Crippen LogP contribution in [0.15, 0.2) is 67.3 Å². The van der Waals surface area contributed by atoms with Crippen LogP contribution in [0.5, 0.6) is 11.5 Å². The number of nitrogens with zero attached hydrogens (tertiary/aromatic N) is 2. The summed E-state index contributed by atoms with van der Waals surface area (Å²) in [6.45, 7) is 11.1. The fourth-order valence-corrected chi connectivity index (χ4v) is 5.56. The zero-order chi connectivity index (χ0) is 31.6. The fourth-order valence-electron chi connectivity index (χ4n) is 5.56. The van der Waals surface area contributed by atoms with E-state index in [4.69, 9.17) is 23.9 Å². The molecule has 5 rings (SSSR count). The minimum atomic E-state index is -1.20. The summed E-state index contributed by atoms with van der Waals surface area (Å²) in [4.78, 5) is 46.2. The van der Waals surface area contributed by atoms with Crippen LogP contribution in [0.3, 0.4) is 0 Å². The van der Waals surface area contributed by atoms with E-state index in [0.29, 0.717) is 29.1 Å². The first kappa shape index (κ1) is 30.8. The Balaban J connectivity index is 1.46. The number of carbonyl (C=O) groups excluding carboxylic acids is 3. The number of pyridine rings is 1. The molecule has 10 nitrogen and oxygen atoms in total. The van der Waals surface area contributed by atoms with Crippen LogP contribution in [0.2, 0.25) is 0 Å². The molecule has 1 aliphatic carbocycles. The van der Waals surface area contributed by atoms with Crippen LogP contribution < -0.4 is 14.8 Å². The smallest absolute Gasteiger partial charge is 0.411 e. The van der Waals surface area contributed by atoms with Crippen LogP contribution in [-0.4, -0.2) is 71.4 Å². The van der Waals surface area contributed by atoms with E-state index in [-0.39, 0.29) is 25.5 Å². The van der Waals surface area contributed by atoms with Gasteiger partial charge in [0, 0.05) is 35.4 Å². The number of amides is 2. The van der Waals surface area contributed by atoms with Gasteiger partial charge in [0.25, 0.3) is 0 Å². The molecule has 3 aromatic rings. The van der Waals surface area contributed by atoms with E-state index >= 15 is 0 Å². The number of esters is 1. The zero-order valence-corrected chi connectivity index (χ0v) is 25.8. The zero-order valence-electron chi connectivity index (χ0n) is 25.8. The van der Waals surface area contributed by atoms with Gasteiger partial charge >= 0.3 is 12.1 Å². The Bertz CT molecular complexity index is 1570. The number of carbonyl (C=O) groups is 3. The Morgan fingerprint density at radius 2 is 1.89 bits per heavy atom. The van der Waals surface area contributed by atoms with Crippen LogP contribution in [0.1, 0.15) is 40.5 Å². The highest BCUT2D eigenvalue weighted by molar-refractivity contribution is 5.95. The van der Waals surface area contributed by atoms with Gasteiger partial charge in [0.2, 0.25) is 5.91 Å². The van der Waals surface area contributed by atoms with E-state index in [0.717, 1.165) is 10.9 Å². The molecule has 1 saturated heterocycles. The van der Waals surface area contributed by atoms with E-state index in [9.17, 15) is 14.4 Å². The predicted octanol–water partition coefficient (Wildman–Crippen LogP) is 5.29. The molecule has 1 N–H and O–H groups in total. The van der Waals surface area contributed by atoms with Crippen molar-refractivity contribution in [3.05, 3.63) is 67.3 Å². The van der Waals surface area contributed by atoms with Gasteiger partial charge < -0.3 is 24.3 Å². The van der Waals surface area contributed by atoms with Gasteiger partial charge in [-0.1, -0.05) is 36.4 Å². The molecular weight excluding hydrogens is 562 g/mol. The number of rotatable bonds is 9. The number of hydrogen-bond acceptors (Lipinski definition) is 8. The molecule has 2 fully saturated rings. The van der Waals surface area contributed by atoms with Gasteiger partial charge in [-0.2, -0.15) is 0 Å². The lowest BCUT2D eigenvalue weighted by Crippen LogP contribution is -2.53. The molecule has 2 aromatic carbocycles. The number of nitrogens with one attached hydrogen (secondary N) is 1. The topological polar surface area (TPSA) is 116 Å². The summed E-state index contributed by atoms with van der Waals surface area (Å²) in [5.74, 6) is -0.0360. The molecular formula is C34H39N3O7. The van der Waals surface area contributed by atoms with Crippen LogP contribution in [0.4, 0.5) is 4.79 Å². The molecule has 4 atom stereocenters. The van der Waals surface area contributed by atoms with Crippen molar-refractivity contribution in [2.24, 2.45) is 5.92 Å². The van der Waals surface area contributed by atoms with E-state index in [2.05, 4.69) is 11.9 Å². The van der Waals surface area contributed by atoms with E-state index in [1.54, 1.807) is 40.9 Å². The number of likely N-dealkylation sites (tertiary alicyclic amines) is 1. The van der Waals surface area contributed by atoms with Crippen molar-refractivity contribution in [1.82, 2.24) is 15.2 Å². The van der Waals surface area contributed by atoms with Crippen molar-refractivity contribution in [3.63, 3.8) is 0 Å². The largest absolute Gasteiger partial charge is 0.497 e. The highest BCUT2D eigenvalue weighted by Crippen LogP contribution is 2.46. The van der Waals surface area contributed by atoms with Crippen molar-refractivity contribution < 1.29 is 33.3 Å². The van der Waals surface area contributed by atoms with Gasteiger partial charge in [0.1, 0.15) is 34.8 Å². The molecule has 1 saturated carbocycles. The maximum atomic E-state index is 13.8. The number of fused-ring (bicyclic) bond motifs is 1. The van der Waals surface area contributed by atoms with Crippen molar-refractivity contribution in [3.8, 4) is 22.8 Å². The summed E-state index contributed by atoms with van der Waals surface area (Å²) < 4.78 is 22.9. The molecule has 44 heavy (non-hydrogen) atoms. The number of methoxy groups -OCH3 is 1. The average Bonchev–Trinajstić information content (AvgIpc) is 3.55. The Morgan fingerprint density at radius 3 is 2.52 bits per heavy atom. The molecule has 2 heterocycles. The minimum Gasteiger partial charge on any atom is -0.497 e. The Morgan fingerprint density at radius 1 is 1.14 bits per heavy atom. The number of aromatic nitrogens is 1. The van der Waals surface area contributed by atoms with Gasteiger partial charge in [-0.25, -0.2) is 14.6 Å². The van der Waals surface area contributed by atoms with Crippen molar-refractivity contribution in [1.29, 1.82) is 0 Å². The lowest BCUT2D eigenvalue weighted by Gasteiger charge is -2.28. The van der Waals surface area contributed by atoms with Crippen LogP contribution >= 0.6 is 0 Å². The molecule has 2 aliphatic rings. The minimum absolute atomic E-state index is 0.102. The van der Waals surface area contributed by atoms with E-state index < -0.39 is 41.3 Å². The van der Waals surface area contributed by atoms with Gasteiger partial charge in [0.05, 0.1) is 31.5 Å². The van der Waals surface area contributed by atoms with Crippen molar-refractivity contribution in [2.45, 2.75) is 63.8 Å². The maximum absolute atomic E-state index is 13.8. The molecule has 0 radical (unpaired) electrons. The summed E-state index contributed by atoms with van der Waals surface area (Å²) in [6, 6.07) is 16.2. The van der Waals surface area contributed by atoms with E-state index in [1.165, 1.54) is 4.90 Å². The summed E-state index contributed by atoms with van der Waals surface area (Å²) in [5.41, 5.74) is 0.319. The maximum Gasteiger partial charge on any atom is 0.411 e. The second-order valence-electron chi connectivity index (χ2n) is 12.1. The molecule has 232 valence electrons. The summed E-state index contributed by atoms with van der Waals surface area (Å²) in [7, 11) is 1.60. The average molecular weight is 602 g/mol. The number of hydrogen-bond donors (Lipinski definition) is 1. The van der Waals surface area contributed by atoms with E-state index in [1.807, 2.05) is 54.6 Å². The summed E-state index contributed by atoms with van der Waals surface area (Å²) >= 11 is 0. The molecule has 2 unspecified atom stereocenters. The van der Waals surface area contributed by atoms with Gasteiger partial charge in [0.15, 0.2) is 0 Å². The SMILES string of the molecule is C=CC1C[C@]1(NC(=O)[C@@H]1CC(Oc2cc(-c3ccccc3)nc3cc(OC)ccc23)CN1C(=O)OC(C)(C)C)C(=O)OCC. The van der Waals surface area contributed by atoms with Crippen LogP contribution in [-0.2, 0) is 19.1 Å². The van der Waals surface area contributed by atoms with Gasteiger partial charge in [-0.05, 0) is 46.2 Å². The Hall–Kier alpha value is -4.60. The third kappa shape index (κ3) is 6.34. The highest BCUT2D eigenvalue weighted by Gasteiger charge is 2.62. The monoisotopic (exact) mass is 601 g/mol. The Kier molecular flexibility index (Phi) is 8.54. The van der Waals surface area contributed by atoms with Crippen molar-refractivity contribution >= 4 is 28.9 Å². The first-order chi connectivity index (χ1) is 21.0. The molecule has 1 aliphatic heterocycles. The molecule has 2 amide bonds. The standard InChI is InChI=1S/C34H39N3O7/c1-7-22-19-34(22,31(39)42-8-2)36-30(38)28-17-24(20-37(28)32(40)44-33(3,4)5)43-29-18-26(21-12-10-9-11-13-21)35-27-16-23(41-6)14-15-25(27)29/h7,9-16,18,22,24,28H,1,8,17,19-20H2,2-6H3,(H,36,38)/t22?,24?,28-,34+/m0/s1. The first-order valence-electron chi connectivity index (χ1n) is 14.8. The summed E-state index contributed by atoms with van der Waals surface area (Å²) in [6.07, 6.45) is 1.01.